The lowest BCUT2D eigenvalue weighted by atomic mass is 10.1. The SMILES string of the molecule is Cc1nn(C)c2nc(-c3cccs3)cc(C(=O)NCCN3CCNCC3)c12. The number of aryl methyl sites for hydroxylation is 2. The fraction of sp³-hybridized carbons (Fsp3) is 0.421. The van der Waals surface area contributed by atoms with Crippen molar-refractivity contribution in [1.29, 1.82) is 0 Å². The van der Waals surface area contributed by atoms with Gasteiger partial charge in [0.25, 0.3) is 5.91 Å². The van der Waals surface area contributed by atoms with Crippen molar-refractivity contribution in [3.63, 3.8) is 0 Å². The predicted molar refractivity (Wildman–Crippen MR) is 108 cm³/mol. The number of aromatic nitrogens is 3. The van der Waals surface area contributed by atoms with E-state index < -0.39 is 0 Å². The monoisotopic (exact) mass is 384 g/mol. The van der Waals surface area contributed by atoms with Crippen LogP contribution in [-0.4, -0.2) is 64.8 Å². The van der Waals surface area contributed by atoms with Crippen molar-refractivity contribution in [2.75, 3.05) is 39.3 Å². The number of piperazine rings is 1. The lowest BCUT2D eigenvalue weighted by Crippen LogP contribution is -2.46. The number of rotatable bonds is 5. The first-order valence-corrected chi connectivity index (χ1v) is 10.1. The van der Waals surface area contributed by atoms with Gasteiger partial charge in [0.2, 0.25) is 0 Å². The van der Waals surface area contributed by atoms with Crippen LogP contribution in [0.25, 0.3) is 21.6 Å². The quantitative estimate of drug-likeness (QED) is 0.700. The highest BCUT2D eigenvalue weighted by Crippen LogP contribution is 2.29. The van der Waals surface area contributed by atoms with E-state index in [9.17, 15) is 4.79 Å². The molecule has 0 atom stereocenters. The Bertz CT molecular complexity index is 943. The van der Waals surface area contributed by atoms with E-state index >= 15 is 0 Å². The maximum atomic E-state index is 13.0. The molecule has 7 nitrogen and oxygen atoms in total. The van der Waals surface area contributed by atoms with Gasteiger partial charge in [0.1, 0.15) is 0 Å². The minimum Gasteiger partial charge on any atom is -0.351 e. The molecule has 0 spiro atoms. The van der Waals surface area contributed by atoms with Crippen LogP contribution < -0.4 is 10.6 Å². The van der Waals surface area contributed by atoms with Crippen molar-refractivity contribution in [3.05, 3.63) is 34.8 Å². The molecule has 0 unspecified atom stereocenters. The molecule has 4 rings (SSSR count). The van der Waals surface area contributed by atoms with E-state index in [1.807, 2.05) is 37.6 Å². The summed E-state index contributed by atoms with van der Waals surface area (Å²) in [6, 6.07) is 5.91. The molecule has 0 bridgehead atoms. The first-order valence-electron chi connectivity index (χ1n) is 9.23. The number of nitrogens with one attached hydrogen (secondary N) is 2. The number of pyridine rings is 1. The van der Waals surface area contributed by atoms with Crippen LogP contribution in [0.1, 0.15) is 16.1 Å². The second-order valence-corrected chi connectivity index (χ2v) is 7.74. The van der Waals surface area contributed by atoms with E-state index in [0.717, 1.165) is 60.0 Å². The molecule has 1 aliphatic heterocycles. The average Bonchev–Trinajstić information content (AvgIpc) is 3.31. The van der Waals surface area contributed by atoms with Crippen LogP contribution in [0.15, 0.2) is 23.6 Å². The number of hydrogen-bond acceptors (Lipinski definition) is 6. The molecule has 1 fully saturated rings. The second kappa shape index (κ2) is 7.75. The molecule has 1 aliphatic rings. The zero-order valence-electron chi connectivity index (χ0n) is 15.7. The Hall–Kier alpha value is -2.29. The van der Waals surface area contributed by atoms with Crippen molar-refractivity contribution in [2.45, 2.75) is 6.92 Å². The lowest BCUT2D eigenvalue weighted by Gasteiger charge is -2.27. The summed E-state index contributed by atoms with van der Waals surface area (Å²) < 4.78 is 1.75. The molecule has 142 valence electrons. The van der Waals surface area contributed by atoms with Crippen LogP contribution in [0.4, 0.5) is 0 Å². The van der Waals surface area contributed by atoms with E-state index in [2.05, 4.69) is 20.6 Å². The van der Waals surface area contributed by atoms with Gasteiger partial charge in [-0.15, -0.1) is 11.3 Å². The Labute approximate surface area is 162 Å². The molecule has 0 radical (unpaired) electrons. The third kappa shape index (κ3) is 3.73. The van der Waals surface area contributed by atoms with Gasteiger partial charge < -0.3 is 10.6 Å². The van der Waals surface area contributed by atoms with Crippen LogP contribution in [0, 0.1) is 6.92 Å². The van der Waals surface area contributed by atoms with Gasteiger partial charge in [-0.25, -0.2) is 4.98 Å². The Morgan fingerprint density at radius 3 is 2.93 bits per heavy atom. The van der Waals surface area contributed by atoms with E-state index in [-0.39, 0.29) is 5.91 Å². The van der Waals surface area contributed by atoms with Crippen molar-refractivity contribution in [3.8, 4) is 10.6 Å². The molecule has 3 aromatic heterocycles. The summed E-state index contributed by atoms with van der Waals surface area (Å²) in [4.78, 5) is 21.1. The summed E-state index contributed by atoms with van der Waals surface area (Å²) in [5.74, 6) is -0.0635. The van der Waals surface area contributed by atoms with Gasteiger partial charge in [-0.2, -0.15) is 5.10 Å². The van der Waals surface area contributed by atoms with E-state index in [4.69, 9.17) is 4.98 Å². The number of hydrogen-bond donors (Lipinski definition) is 2. The number of amides is 1. The normalized spacial score (nSPS) is 15.3. The summed E-state index contributed by atoms with van der Waals surface area (Å²) in [5, 5.41) is 13.7. The number of carbonyl (C=O) groups excluding carboxylic acids is 1. The second-order valence-electron chi connectivity index (χ2n) is 6.79. The van der Waals surface area contributed by atoms with Crippen molar-refractivity contribution < 1.29 is 4.79 Å². The predicted octanol–water partition coefficient (Wildman–Crippen LogP) is 1.64. The summed E-state index contributed by atoms with van der Waals surface area (Å²) in [7, 11) is 1.87. The molecule has 0 aliphatic carbocycles. The highest BCUT2D eigenvalue weighted by atomic mass is 32.1. The Balaban J connectivity index is 1.60. The zero-order chi connectivity index (χ0) is 18.8. The van der Waals surface area contributed by atoms with Gasteiger partial charge in [0, 0.05) is 46.3 Å². The fourth-order valence-corrected chi connectivity index (χ4v) is 4.22. The molecular weight excluding hydrogens is 360 g/mol. The molecule has 0 saturated carbocycles. The van der Waals surface area contributed by atoms with Crippen LogP contribution in [0.5, 0.6) is 0 Å². The molecule has 1 amide bonds. The molecule has 0 aromatic carbocycles. The summed E-state index contributed by atoms with van der Waals surface area (Å²) >= 11 is 1.62. The van der Waals surface area contributed by atoms with Crippen LogP contribution >= 0.6 is 11.3 Å². The van der Waals surface area contributed by atoms with Crippen molar-refractivity contribution in [1.82, 2.24) is 30.3 Å². The maximum Gasteiger partial charge on any atom is 0.252 e. The summed E-state index contributed by atoms with van der Waals surface area (Å²) in [6.07, 6.45) is 0. The smallest absolute Gasteiger partial charge is 0.252 e. The third-order valence-electron chi connectivity index (χ3n) is 4.91. The maximum absolute atomic E-state index is 13.0. The number of thiophene rings is 1. The van der Waals surface area contributed by atoms with Gasteiger partial charge in [-0.1, -0.05) is 6.07 Å². The summed E-state index contributed by atoms with van der Waals surface area (Å²) in [6.45, 7) is 7.50. The Morgan fingerprint density at radius 2 is 2.19 bits per heavy atom. The standard InChI is InChI=1S/C19H24N6OS/c1-13-17-14(19(26)21-7-10-25-8-5-20-6-9-25)12-15(16-4-3-11-27-16)22-18(17)24(2)23-13/h3-4,11-12,20H,5-10H2,1-2H3,(H,21,26). The molecule has 1 saturated heterocycles. The first kappa shape index (κ1) is 18.1. The van der Waals surface area contributed by atoms with Crippen molar-refractivity contribution >= 4 is 28.3 Å². The minimum atomic E-state index is -0.0635. The summed E-state index contributed by atoms with van der Waals surface area (Å²) in [5.41, 5.74) is 3.03. The topological polar surface area (TPSA) is 75.1 Å². The third-order valence-corrected chi connectivity index (χ3v) is 5.80. The molecule has 3 aromatic rings. The molecule has 2 N–H and O–H groups in total. The van der Waals surface area contributed by atoms with E-state index in [0.29, 0.717) is 12.1 Å². The van der Waals surface area contributed by atoms with Crippen LogP contribution in [-0.2, 0) is 7.05 Å². The molecular formula is C19H24N6OS. The van der Waals surface area contributed by atoms with E-state index in [1.54, 1.807) is 16.0 Å². The molecule has 4 heterocycles. The van der Waals surface area contributed by atoms with Gasteiger partial charge >= 0.3 is 0 Å². The van der Waals surface area contributed by atoms with Gasteiger partial charge in [-0.3, -0.25) is 14.4 Å². The molecule has 8 heteroatoms. The highest BCUT2D eigenvalue weighted by molar-refractivity contribution is 7.13. The van der Waals surface area contributed by atoms with Crippen LogP contribution in [0.3, 0.4) is 0 Å². The Kier molecular flexibility index (Phi) is 5.20. The van der Waals surface area contributed by atoms with Crippen LogP contribution in [0.2, 0.25) is 0 Å². The zero-order valence-corrected chi connectivity index (χ0v) is 16.5. The number of carbonyl (C=O) groups is 1. The van der Waals surface area contributed by atoms with Gasteiger partial charge in [0.05, 0.1) is 27.2 Å². The van der Waals surface area contributed by atoms with Gasteiger partial charge in [-0.05, 0) is 24.4 Å². The van der Waals surface area contributed by atoms with E-state index in [1.165, 1.54) is 0 Å². The Morgan fingerprint density at radius 1 is 1.37 bits per heavy atom. The average molecular weight is 385 g/mol. The minimum absolute atomic E-state index is 0.0635. The first-order chi connectivity index (χ1) is 13.1. The fourth-order valence-electron chi connectivity index (χ4n) is 3.53. The molecule has 27 heavy (non-hydrogen) atoms. The highest BCUT2D eigenvalue weighted by Gasteiger charge is 2.19. The van der Waals surface area contributed by atoms with Gasteiger partial charge in [0.15, 0.2) is 5.65 Å². The van der Waals surface area contributed by atoms with Crippen molar-refractivity contribution in [2.24, 2.45) is 7.05 Å². The largest absolute Gasteiger partial charge is 0.351 e. The number of fused-ring (bicyclic) bond motifs is 1. The number of nitrogens with zero attached hydrogens (tertiary/aromatic N) is 4. The lowest BCUT2D eigenvalue weighted by molar-refractivity contribution is 0.0949.